The molecule has 1 atom stereocenters. The van der Waals surface area contributed by atoms with Gasteiger partial charge in [0.2, 0.25) is 11.8 Å². The van der Waals surface area contributed by atoms with Crippen molar-refractivity contribution in [2.45, 2.75) is 25.8 Å². The number of amides is 1. The molecule has 2 aromatic rings. The van der Waals surface area contributed by atoms with E-state index in [0.29, 0.717) is 38.0 Å². The third-order valence-corrected chi connectivity index (χ3v) is 3.95. The molecule has 1 saturated heterocycles. The minimum absolute atomic E-state index is 0.0398. The van der Waals surface area contributed by atoms with E-state index in [1.807, 2.05) is 42.2 Å². The molecule has 0 aliphatic carbocycles. The van der Waals surface area contributed by atoms with Gasteiger partial charge in [0.25, 0.3) is 0 Å². The Balaban J connectivity index is 1.76. The monoisotopic (exact) mass is 330 g/mol. The molecule has 128 valence electrons. The Morgan fingerprint density at radius 2 is 2.00 bits per heavy atom. The van der Waals surface area contributed by atoms with Crippen molar-refractivity contribution in [3.8, 4) is 0 Å². The first-order valence-corrected chi connectivity index (χ1v) is 8.25. The quantitative estimate of drug-likeness (QED) is 0.868. The highest BCUT2D eigenvalue weighted by Gasteiger charge is 2.23. The van der Waals surface area contributed by atoms with Gasteiger partial charge in [-0.25, -0.2) is 0 Å². The molecular formula is C17H22N4O3. The van der Waals surface area contributed by atoms with Crippen LogP contribution in [-0.4, -0.2) is 42.4 Å². The molecule has 2 heterocycles. The van der Waals surface area contributed by atoms with E-state index in [1.54, 1.807) is 0 Å². The van der Waals surface area contributed by atoms with Crippen molar-refractivity contribution >= 4 is 11.9 Å². The Morgan fingerprint density at radius 1 is 1.25 bits per heavy atom. The number of nitrogens with zero attached hydrogens (tertiary/aromatic N) is 3. The largest absolute Gasteiger partial charge is 0.406 e. The van der Waals surface area contributed by atoms with Crippen LogP contribution in [0.1, 0.15) is 30.8 Å². The molecule has 0 saturated carbocycles. The fourth-order valence-electron chi connectivity index (χ4n) is 2.60. The van der Waals surface area contributed by atoms with Crippen LogP contribution in [0.2, 0.25) is 0 Å². The van der Waals surface area contributed by atoms with E-state index in [2.05, 4.69) is 15.5 Å². The maximum atomic E-state index is 11.9. The van der Waals surface area contributed by atoms with Crippen LogP contribution in [0, 0.1) is 0 Å². The van der Waals surface area contributed by atoms with Gasteiger partial charge in [0.15, 0.2) is 0 Å². The van der Waals surface area contributed by atoms with E-state index in [9.17, 15) is 4.79 Å². The van der Waals surface area contributed by atoms with Crippen molar-refractivity contribution in [3.05, 3.63) is 41.8 Å². The number of morpholine rings is 1. The van der Waals surface area contributed by atoms with Gasteiger partial charge >= 0.3 is 6.01 Å². The third kappa shape index (κ3) is 4.11. The van der Waals surface area contributed by atoms with Crippen LogP contribution in [0.4, 0.5) is 6.01 Å². The van der Waals surface area contributed by atoms with E-state index >= 15 is 0 Å². The lowest BCUT2D eigenvalue weighted by Gasteiger charge is -2.24. The first-order valence-electron chi connectivity index (χ1n) is 8.25. The summed E-state index contributed by atoms with van der Waals surface area (Å²) in [5, 5.41) is 11.3. The maximum Gasteiger partial charge on any atom is 0.318 e. The van der Waals surface area contributed by atoms with Gasteiger partial charge in [0.05, 0.1) is 13.2 Å². The van der Waals surface area contributed by atoms with Crippen LogP contribution >= 0.6 is 0 Å². The van der Waals surface area contributed by atoms with Gasteiger partial charge in [-0.3, -0.25) is 4.79 Å². The summed E-state index contributed by atoms with van der Waals surface area (Å²) in [5.74, 6) is 0.393. The molecule has 24 heavy (non-hydrogen) atoms. The summed E-state index contributed by atoms with van der Waals surface area (Å²) < 4.78 is 11.2. The Hall–Kier alpha value is -2.41. The highest BCUT2D eigenvalue weighted by molar-refractivity contribution is 5.75. The number of carbonyl (C=O) groups excluding carboxylic acids is 1. The van der Waals surface area contributed by atoms with E-state index in [4.69, 9.17) is 9.15 Å². The minimum Gasteiger partial charge on any atom is -0.406 e. The van der Waals surface area contributed by atoms with Crippen LogP contribution in [0.25, 0.3) is 0 Å². The number of ether oxygens (including phenoxy) is 1. The molecule has 7 nitrogen and oxygen atoms in total. The second-order valence-corrected chi connectivity index (χ2v) is 5.69. The average Bonchev–Trinajstić information content (AvgIpc) is 3.13. The highest BCUT2D eigenvalue weighted by Crippen LogP contribution is 2.22. The zero-order valence-corrected chi connectivity index (χ0v) is 13.8. The average molecular weight is 330 g/mol. The number of hydrogen-bond donors (Lipinski definition) is 1. The lowest BCUT2D eigenvalue weighted by atomic mass is 10.1. The van der Waals surface area contributed by atoms with Gasteiger partial charge in [-0.1, -0.05) is 42.4 Å². The van der Waals surface area contributed by atoms with Crippen molar-refractivity contribution < 1.29 is 13.9 Å². The summed E-state index contributed by atoms with van der Waals surface area (Å²) in [6.45, 7) is 4.58. The Labute approximate surface area is 141 Å². The third-order valence-electron chi connectivity index (χ3n) is 3.95. The van der Waals surface area contributed by atoms with Gasteiger partial charge in [0, 0.05) is 25.9 Å². The normalized spacial score (nSPS) is 16.0. The van der Waals surface area contributed by atoms with E-state index in [1.165, 1.54) is 0 Å². The second-order valence-electron chi connectivity index (χ2n) is 5.69. The molecular weight excluding hydrogens is 308 g/mol. The van der Waals surface area contributed by atoms with E-state index in [-0.39, 0.29) is 11.9 Å². The Morgan fingerprint density at radius 3 is 2.71 bits per heavy atom. The van der Waals surface area contributed by atoms with Gasteiger partial charge < -0.3 is 19.4 Å². The molecule has 1 aliphatic rings. The number of nitrogens with one attached hydrogen (secondary N) is 1. The predicted octanol–water partition coefficient (Wildman–Crippen LogP) is 1.72. The van der Waals surface area contributed by atoms with Crippen molar-refractivity contribution in [2.24, 2.45) is 0 Å². The van der Waals surface area contributed by atoms with Gasteiger partial charge in [-0.15, -0.1) is 5.10 Å². The minimum atomic E-state index is -0.331. The van der Waals surface area contributed by atoms with Crippen LogP contribution < -0.4 is 10.2 Å². The van der Waals surface area contributed by atoms with Crippen LogP contribution in [0.3, 0.4) is 0 Å². The lowest BCUT2D eigenvalue weighted by molar-refractivity contribution is -0.121. The van der Waals surface area contributed by atoms with Gasteiger partial charge in [-0.2, -0.15) is 0 Å². The Bertz CT molecular complexity index is 653. The summed E-state index contributed by atoms with van der Waals surface area (Å²) in [6.07, 6.45) is 1.02. The summed E-state index contributed by atoms with van der Waals surface area (Å²) >= 11 is 0. The molecule has 0 bridgehead atoms. The number of aromatic nitrogens is 2. The molecule has 1 aromatic heterocycles. The fourth-order valence-corrected chi connectivity index (χ4v) is 2.60. The van der Waals surface area contributed by atoms with Crippen molar-refractivity contribution in [1.29, 1.82) is 0 Å². The molecule has 1 fully saturated rings. The molecule has 1 aromatic carbocycles. The van der Waals surface area contributed by atoms with Gasteiger partial charge in [-0.05, 0) is 5.56 Å². The van der Waals surface area contributed by atoms with Crippen LogP contribution in [-0.2, 0) is 16.0 Å². The summed E-state index contributed by atoms with van der Waals surface area (Å²) in [7, 11) is 0. The number of hydrogen-bond acceptors (Lipinski definition) is 6. The zero-order valence-electron chi connectivity index (χ0n) is 13.8. The number of carbonyl (C=O) groups is 1. The van der Waals surface area contributed by atoms with E-state index in [0.717, 1.165) is 18.7 Å². The van der Waals surface area contributed by atoms with Crippen molar-refractivity contribution in [3.63, 3.8) is 0 Å². The van der Waals surface area contributed by atoms with Crippen molar-refractivity contribution in [1.82, 2.24) is 15.5 Å². The standard InChI is InChI=1S/C17H22N4O3/c1-2-15(22)18-14(12-13-6-4-3-5-7-13)16-19-20-17(24-16)21-8-10-23-11-9-21/h3-7,14H,2,8-12H2,1H3,(H,18,22)/t14-/m0/s1. The molecule has 0 spiro atoms. The molecule has 1 aliphatic heterocycles. The topological polar surface area (TPSA) is 80.5 Å². The van der Waals surface area contributed by atoms with E-state index < -0.39 is 0 Å². The first-order chi connectivity index (χ1) is 11.8. The summed E-state index contributed by atoms with van der Waals surface area (Å²) in [4.78, 5) is 13.9. The molecule has 0 radical (unpaired) electrons. The summed E-state index contributed by atoms with van der Waals surface area (Å²) in [5.41, 5.74) is 1.10. The molecule has 1 amide bonds. The molecule has 3 rings (SSSR count). The fraction of sp³-hybridized carbons (Fsp3) is 0.471. The Kier molecular flexibility index (Phi) is 5.43. The SMILES string of the molecule is CCC(=O)N[C@@H](Cc1ccccc1)c1nnc(N2CCOCC2)o1. The number of benzene rings is 1. The maximum absolute atomic E-state index is 11.9. The molecule has 1 N–H and O–H groups in total. The molecule has 0 unspecified atom stereocenters. The zero-order chi connectivity index (χ0) is 16.8. The number of rotatable bonds is 6. The van der Waals surface area contributed by atoms with Crippen LogP contribution in [0.5, 0.6) is 0 Å². The first kappa shape index (κ1) is 16.4. The predicted molar refractivity (Wildman–Crippen MR) is 88.7 cm³/mol. The van der Waals surface area contributed by atoms with Gasteiger partial charge in [0.1, 0.15) is 6.04 Å². The molecule has 7 heteroatoms. The van der Waals surface area contributed by atoms with Crippen molar-refractivity contribution in [2.75, 3.05) is 31.2 Å². The van der Waals surface area contributed by atoms with Crippen LogP contribution in [0.15, 0.2) is 34.7 Å². The summed E-state index contributed by atoms with van der Waals surface area (Å²) in [6, 6.07) is 10.1. The highest BCUT2D eigenvalue weighted by atomic mass is 16.5. The smallest absolute Gasteiger partial charge is 0.318 e. The lowest BCUT2D eigenvalue weighted by Crippen LogP contribution is -2.36. The number of anilines is 1. The second kappa shape index (κ2) is 7.92.